The average molecular weight is 235 g/mol. The van der Waals surface area contributed by atoms with Crippen molar-refractivity contribution in [1.82, 2.24) is 4.98 Å². The van der Waals surface area contributed by atoms with Gasteiger partial charge in [0.1, 0.15) is 0 Å². The lowest BCUT2D eigenvalue weighted by Crippen LogP contribution is -2.19. The second kappa shape index (κ2) is 5.05. The molecule has 2 aromatic rings. The van der Waals surface area contributed by atoms with Crippen LogP contribution in [0.15, 0.2) is 27.4 Å². The first-order valence-electron chi connectivity index (χ1n) is 5.75. The number of oxazole rings is 1. The predicted molar refractivity (Wildman–Crippen MR) is 68.4 cm³/mol. The molecule has 3 N–H and O–H groups in total. The van der Waals surface area contributed by atoms with E-state index in [2.05, 4.69) is 9.88 Å². The van der Waals surface area contributed by atoms with E-state index in [-0.39, 0.29) is 0 Å². The molecule has 0 saturated carbocycles. The van der Waals surface area contributed by atoms with Gasteiger partial charge >= 0.3 is 5.76 Å². The molecule has 1 heterocycles. The molecule has 0 saturated heterocycles. The SMILES string of the molecule is CN(CCCCN)c1ccc2oc(=O)[nH]c2c1. The van der Waals surface area contributed by atoms with Gasteiger partial charge in [-0.1, -0.05) is 0 Å². The number of hydrogen-bond acceptors (Lipinski definition) is 4. The minimum absolute atomic E-state index is 0.414. The van der Waals surface area contributed by atoms with Crippen LogP contribution in [0.4, 0.5) is 5.69 Å². The summed E-state index contributed by atoms with van der Waals surface area (Å²) in [5, 5.41) is 0. The lowest BCUT2D eigenvalue weighted by Gasteiger charge is -2.18. The van der Waals surface area contributed by atoms with Crippen LogP contribution in [-0.2, 0) is 0 Å². The number of nitrogens with zero attached hydrogens (tertiary/aromatic N) is 1. The molecule has 0 radical (unpaired) electrons. The summed E-state index contributed by atoms with van der Waals surface area (Å²) < 4.78 is 4.95. The summed E-state index contributed by atoms with van der Waals surface area (Å²) in [6.07, 6.45) is 2.09. The summed E-state index contributed by atoms with van der Waals surface area (Å²) >= 11 is 0. The van der Waals surface area contributed by atoms with E-state index >= 15 is 0 Å². The van der Waals surface area contributed by atoms with Crippen molar-refractivity contribution in [3.8, 4) is 0 Å². The molecule has 0 aliphatic rings. The lowest BCUT2D eigenvalue weighted by molar-refractivity contribution is 0.555. The van der Waals surface area contributed by atoms with Gasteiger partial charge < -0.3 is 15.1 Å². The van der Waals surface area contributed by atoms with Gasteiger partial charge in [0.2, 0.25) is 0 Å². The molecule has 0 fully saturated rings. The Morgan fingerprint density at radius 1 is 1.41 bits per heavy atom. The van der Waals surface area contributed by atoms with Gasteiger partial charge in [-0.2, -0.15) is 0 Å². The van der Waals surface area contributed by atoms with E-state index in [0.29, 0.717) is 5.58 Å². The Kier molecular flexibility index (Phi) is 3.49. The van der Waals surface area contributed by atoms with E-state index in [4.69, 9.17) is 10.2 Å². The number of unbranched alkanes of at least 4 members (excludes halogenated alkanes) is 1. The van der Waals surface area contributed by atoms with E-state index in [1.54, 1.807) is 0 Å². The summed E-state index contributed by atoms with van der Waals surface area (Å²) in [6.45, 7) is 1.67. The van der Waals surface area contributed by atoms with Gasteiger partial charge in [-0.25, -0.2) is 4.79 Å². The van der Waals surface area contributed by atoms with E-state index in [0.717, 1.165) is 37.1 Å². The normalized spacial score (nSPS) is 10.9. The first-order valence-corrected chi connectivity index (χ1v) is 5.75. The molecule has 0 unspecified atom stereocenters. The molecular formula is C12H17N3O2. The first-order chi connectivity index (χ1) is 8.20. The summed E-state index contributed by atoms with van der Waals surface area (Å²) in [4.78, 5) is 15.8. The zero-order valence-corrected chi connectivity index (χ0v) is 9.90. The van der Waals surface area contributed by atoms with Crippen molar-refractivity contribution in [2.75, 3.05) is 25.0 Å². The van der Waals surface area contributed by atoms with Gasteiger partial charge in [-0.15, -0.1) is 0 Å². The van der Waals surface area contributed by atoms with Crippen LogP contribution < -0.4 is 16.4 Å². The van der Waals surface area contributed by atoms with Crippen LogP contribution in [-0.4, -0.2) is 25.1 Å². The second-order valence-electron chi connectivity index (χ2n) is 4.11. The molecule has 0 spiro atoms. The maximum Gasteiger partial charge on any atom is 0.417 e. The van der Waals surface area contributed by atoms with Gasteiger partial charge in [0.15, 0.2) is 5.58 Å². The van der Waals surface area contributed by atoms with Crippen LogP contribution in [0.5, 0.6) is 0 Å². The molecule has 5 nitrogen and oxygen atoms in total. The Morgan fingerprint density at radius 2 is 2.24 bits per heavy atom. The quantitative estimate of drug-likeness (QED) is 0.766. The zero-order chi connectivity index (χ0) is 12.3. The summed E-state index contributed by atoms with van der Waals surface area (Å²) in [6, 6.07) is 5.67. The minimum Gasteiger partial charge on any atom is -0.408 e. The van der Waals surface area contributed by atoms with Crippen LogP contribution in [0.2, 0.25) is 0 Å². The third kappa shape index (κ3) is 2.68. The summed E-state index contributed by atoms with van der Waals surface area (Å²) in [7, 11) is 2.02. The number of nitrogens with two attached hydrogens (primary N) is 1. The van der Waals surface area contributed by atoms with Crippen molar-refractivity contribution < 1.29 is 4.42 Å². The standard InChI is InChI=1S/C12H17N3O2/c1-15(7-3-2-6-13)9-4-5-11-10(8-9)14-12(16)17-11/h4-5,8H,2-3,6-7,13H2,1H3,(H,14,16). The molecular weight excluding hydrogens is 218 g/mol. The number of anilines is 1. The Labute approximate surface area is 99.2 Å². The van der Waals surface area contributed by atoms with E-state index < -0.39 is 5.76 Å². The summed E-state index contributed by atoms with van der Waals surface area (Å²) in [5.74, 6) is -0.414. The van der Waals surface area contributed by atoms with Crippen LogP contribution in [0.25, 0.3) is 11.1 Å². The Balaban J connectivity index is 2.14. The number of nitrogens with one attached hydrogen (secondary N) is 1. The number of rotatable bonds is 5. The van der Waals surface area contributed by atoms with Crippen molar-refractivity contribution in [3.63, 3.8) is 0 Å². The Bertz CT molecular complexity index is 544. The van der Waals surface area contributed by atoms with Gasteiger partial charge in [0, 0.05) is 19.3 Å². The van der Waals surface area contributed by atoms with Crippen LogP contribution in [0.1, 0.15) is 12.8 Å². The molecule has 0 atom stereocenters. The molecule has 17 heavy (non-hydrogen) atoms. The molecule has 1 aromatic heterocycles. The maximum atomic E-state index is 11.0. The third-order valence-electron chi connectivity index (χ3n) is 2.79. The van der Waals surface area contributed by atoms with Crippen LogP contribution >= 0.6 is 0 Å². The number of fused-ring (bicyclic) bond motifs is 1. The fourth-order valence-corrected chi connectivity index (χ4v) is 1.80. The van der Waals surface area contributed by atoms with Crippen molar-refractivity contribution >= 4 is 16.8 Å². The molecule has 5 heteroatoms. The predicted octanol–water partition coefficient (Wildman–Crippen LogP) is 1.30. The monoisotopic (exact) mass is 235 g/mol. The van der Waals surface area contributed by atoms with Crippen molar-refractivity contribution in [2.45, 2.75) is 12.8 Å². The third-order valence-corrected chi connectivity index (χ3v) is 2.79. The summed E-state index contributed by atoms with van der Waals surface area (Å²) in [5.41, 5.74) is 7.85. The number of H-pyrrole nitrogens is 1. The number of hydrogen-bond donors (Lipinski definition) is 2. The fourth-order valence-electron chi connectivity index (χ4n) is 1.80. The highest BCUT2D eigenvalue weighted by Crippen LogP contribution is 2.19. The van der Waals surface area contributed by atoms with E-state index in [9.17, 15) is 4.79 Å². The van der Waals surface area contributed by atoms with Crippen LogP contribution in [0.3, 0.4) is 0 Å². The first kappa shape index (κ1) is 11.7. The molecule has 0 bridgehead atoms. The fraction of sp³-hybridized carbons (Fsp3) is 0.417. The molecule has 92 valence electrons. The lowest BCUT2D eigenvalue weighted by atomic mass is 10.2. The van der Waals surface area contributed by atoms with E-state index in [1.807, 2.05) is 25.2 Å². The Morgan fingerprint density at radius 3 is 3.00 bits per heavy atom. The smallest absolute Gasteiger partial charge is 0.408 e. The second-order valence-corrected chi connectivity index (χ2v) is 4.11. The largest absolute Gasteiger partial charge is 0.417 e. The van der Waals surface area contributed by atoms with Gasteiger partial charge in [0.05, 0.1) is 5.52 Å². The number of aromatic nitrogens is 1. The maximum absolute atomic E-state index is 11.0. The number of aromatic amines is 1. The minimum atomic E-state index is -0.414. The zero-order valence-electron chi connectivity index (χ0n) is 9.90. The molecule has 0 aliphatic carbocycles. The molecule has 0 aliphatic heterocycles. The number of benzene rings is 1. The van der Waals surface area contributed by atoms with Crippen molar-refractivity contribution in [1.29, 1.82) is 0 Å². The van der Waals surface area contributed by atoms with E-state index in [1.165, 1.54) is 0 Å². The topological polar surface area (TPSA) is 75.3 Å². The highest BCUT2D eigenvalue weighted by molar-refractivity contribution is 5.77. The Hall–Kier alpha value is -1.75. The molecule has 2 rings (SSSR count). The van der Waals surface area contributed by atoms with Crippen LogP contribution in [0, 0.1) is 0 Å². The van der Waals surface area contributed by atoms with Gasteiger partial charge in [-0.05, 0) is 37.6 Å². The van der Waals surface area contributed by atoms with Gasteiger partial charge in [-0.3, -0.25) is 4.98 Å². The molecule has 1 aromatic carbocycles. The van der Waals surface area contributed by atoms with Gasteiger partial charge in [0.25, 0.3) is 0 Å². The van der Waals surface area contributed by atoms with Crippen molar-refractivity contribution in [3.05, 3.63) is 28.7 Å². The highest BCUT2D eigenvalue weighted by Gasteiger charge is 2.05. The highest BCUT2D eigenvalue weighted by atomic mass is 16.4. The average Bonchev–Trinajstić information content (AvgIpc) is 2.68. The van der Waals surface area contributed by atoms with Crippen molar-refractivity contribution in [2.24, 2.45) is 5.73 Å². The molecule has 0 amide bonds.